The van der Waals surface area contributed by atoms with E-state index in [2.05, 4.69) is 67.7 Å². The van der Waals surface area contributed by atoms with Gasteiger partial charge in [0.05, 0.1) is 0 Å². The molecular formula is C20H27N. The van der Waals surface area contributed by atoms with Crippen LogP contribution >= 0.6 is 0 Å². The highest BCUT2D eigenvalue weighted by Crippen LogP contribution is 2.25. The molecule has 1 unspecified atom stereocenters. The summed E-state index contributed by atoms with van der Waals surface area (Å²) in [6.45, 7) is 4.46. The number of hydrogen-bond donors (Lipinski definition) is 1. The molecule has 1 nitrogen and oxygen atoms in total. The summed E-state index contributed by atoms with van der Waals surface area (Å²) in [7, 11) is 2.03. The van der Waals surface area contributed by atoms with Gasteiger partial charge in [-0.25, -0.2) is 0 Å². The summed E-state index contributed by atoms with van der Waals surface area (Å²) in [5.41, 5.74) is 5.43. The van der Waals surface area contributed by atoms with Crippen LogP contribution in [0.1, 0.15) is 50.3 Å². The van der Waals surface area contributed by atoms with Gasteiger partial charge in [-0.15, -0.1) is 0 Å². The zero-order chi connectivity index (χ0) is 15.1. The van der Waals surface area contributed by atoms with Crippen LogP contribution < -0.4 is 5.32 Å². The lowest BCUT2D eigenvalue weighted by atomic mass is 9.97. The van der Waals surface area contributed by atoms with Crippen molar-refractivity contribution in [2.24, 2.45) is 0 Å². The van der Waals surface area contributed by atoms with Crippen molar-refractivity contribution < 1.29 is 0 Å². The van der Waals surface area contributed by atoms with E-state index >= 15 is 0 Å². The van der Waals surface area contributed by atoms with Crippen molar-refractivity contribution in [1.82, 2.24) is 5.32 Å². The molecule has 0 saturated carbocycles. The second kappa shape index (κ2) is 7.99. The normalized spacial score (nSPS) is 12.3. The van der Waals surface area contributed by atoms with E-state index in [0.717, 1.165) is 6.42 Å². The Kier molecular flexibility index (Phi) is 6.01. The third kappa shape index (κ3) is 4.18. The third-order valence-corrected chi connectivity index (χ3v) is 4.15. The number of nitrogens with one attached hydrogen (secondary N) is 1. The summed E-state index contributed by atoms with van der Waals surface area (Å²) in [5, 5.41) is 3.38. The summed E-state index contributed by atoms with van der Waals surface area (Å²) in [6.07, 6.45) is 4.83. The monoisotopic (exact) mass is 281 g/mol. The Balaban J connectivity index is 2.19. The average Bonchev–Trinajstić information content (AvgIpc) is 2.55. The molecule has 1 N–H and O–H groups in total. The number of aryl methyl sites for hydroxylation is 1. The Morgan fingerprint density at radius 1 is 0.952 bits per heavy atom. The fraction of sp³-hybridized carbons (Fsp3) is 0.400. The minimum Gasteiger partial charge on any atom is -0.313 e. The molecule has 0 radical (unpaired) electrons. The Labute approximate surface area is 129 Å². The second-order valence-corrected chi connectivity index (χ2v) is 5.68. The van der Waals surface area contributed by atoms with E-state index in [1.165, 1.54) is 41.5 Å². The molecule has 1 heteroatoms. The van der Waals surface area contributed by atoms with E-state index in [4.69, 9.17) is 0 Å². The highest BCUT2D eigenvalue weighted by atomic mass is 14.9. The molecule has 0 fully saturated rings. The van der Waals surface area contributed by atoms with Crippen LogP contribution in [0.3, 0.4) is 0 Å². The fourth-order valence-corrected chi connectivity index (χ4v) is 2.79. The van der Waals surface area contributed by atoms with Crippen LogP contribution in [-0.2, 0) is 6.42 Å². The van der Waals surface area contributed by atoms with Gasteiger partial charge in [-0.05, 0) is 54.6 Å². The molecule has 0 bridgehead atoms. The summed E-state index contributed by atoms with van der Waals surface area (Å²) >= 11 is 0. The molecule has 0 aromatic heterocycles. The molecule has 112 valence electrons. The van der Waals surface area contributed by atoms with Crippen molar-refractivity contribution in [3.8, 4) is 11.1 Å². The zero-order valence-electron chi connectivity index (χ0n) is 13.5. The van der Waals surface area contributed by atoms with Gasteiger partial charge < -0.3 is 5.32 Å². The minimum atomic E-state index is 0.439. The molecule has 0 amide bonds. The van der Waals surface area contributed by atoms with Crippen LogP contribution in [0.25, 0.3) is 11.1 Å². The van der Waals surface area contributed by atoms with Gasteiger partial charge in [-0.2, -0.15) is 0 Å². The lowest BCUT2D eigenvalue weighted by molar-refractivity contribution is 0.577. The van der Waals surface area contributed by atoms with Crippen LogP contribution in [0.5, 0.6) is 0 Å². The molecule has 2 aromatic carbocycles. The van der Waals surface area contributed by atoms with Crippen molar-refractivity contribution in [2.45, 2.75) is 45.6 Å². The van der Waals surface area contributed by atoms with Crippen molar-refractivity contribution in [1.29, 1.82) is 0 Å². The Morgan fingerprint density at radius 3 is 2.33 bits per heavy atom. The predicted molar refractivity (Wildman–Crippen MR) is 92.6 cm³/mol. The van der Waals surface area contributed by atoms with E-state index in [1.807, 2.05) is 7.05 Å². The molecule has 21 heavy (non-hydrogen) atoms. The van der Waals surface area contributed by atoms with Gasteiger partial charge in [0.15, 0.2) is 0 Å². The quantitative estimate of drug-likeness (QED) is 0.719. The Bertz CT molecular complexity index is 538. The Hall–Kier alpha value is -1.60. The summed E-state index contributed by atoms with van der Waals surface area (Å²) < 4.78 is 0. The fourth-order valence-electron chi connectivity index (χ4n) is 2.79. The van der Waals surface area contributed by atoms with E-state index in [9.17, 15) is 0 Å². The van der Waals surface area contributed by atoms with Crippen molar-refractivity contribution in [2.75, 3.05) is 7.05 Å². The highest BCUT2D eigenvalue weighted by molar-refractivity contribution is 5.64. The van der Waals surface area contributed by atoms with Crippen molar-refractivity contribution in [3.63, 3.8) is 0 Å². The van der Waals surface area contributed by atoms with Gasteiger partial charge in [0.1, 0.15) is 0 Å². The molecule has 0 saturated heterocycles. The van der Waals surface area contributed by atoms with Gasteiger partial charge in [0, 0.05) is 6.04 Å². The minimum absolute atomic E-state index is 0.439. The van der Waals surface area contributed by atoms with Gasteiger partial charge in [0.25, 0.3) is 0 Å². The third-order valence-electron chi connectivity index (χ3n) is 4.15. The molecule has 1 atom stereocenters. The van der Waals surface area contributed by atoms with Gasteiger partial charge in [-0.1, -0.05) is 62.7 Å². The van der Waals surface area contributed by atoms with E-state index in [-0.39, 0.29) is 0 Å². The van der Waals surface area contributed by atoms with Crippen LogP contribution in [0.15, 0.2) is 48.5 Å². The maximum atomic E-state index is 3.38. The average molecular weight is 281 g/mol. The molecule has 0 aliphatic heterocycles. The molecule has 0 aliphatic carbocycles. The van der Waals surface area contributed by atoms with Crippen LogP contribution in [0.4, 0.5) is 0 Å². The van der Waals surface area contributed by atoms with E-state index in [0.29, 0.717) is 6.04 Å². The smallest absolute Gasteiger partial charge is 0.0315 e. The number of benzene rings is 2. The van der Waals surface area contributed by atoms with Gasteiger partial charge >= 0.3 is 0 Å². The van der Waals surface area contributed by atoms with E-state index < -0.39 is 0 Å². The number of hydrogen-bond acceptors (Lipinski definition) is 1. The molecule has 2 aromatic rings. The highest BCUT2D eigenvalue weighted by Gasteiger charge is 2.07. The first-order valence-corrected chi connectivity index (χ1v) is 8.15. The van der Waals surface area contributed by atoms with Crippen LogP contribution in [0, 0.1) is 0 Å². The largest absolute Gasteiger partial charge is 0.313 e. The van der Waals surface area contributed by atoms with Gasteiger partial charge in [-0.3, -0.25) is 0 Å². The topological polar surface area (TPSA) is 12.0 Å². The molecule has 0 spiro atoms. The first-order chi connectivity index (χ1) is 10.3. The molecule has 0 heterocycles. The SMILES string of the molecule is CCCCc1ccc(-c2cccc(C(CC)NC)c2)cc1. The van der Waals surface area contributed by atoms with Crippen molar-refractivity contribution in [3.05, 3.63) is 59.7 Å². The summed E-state index contributed by atoms with van der Waals surface area (Å²) in [5.74, 6) is 0. The zero-order valence-corrected chi connectivity index (χ0v) is 13.5. The first-order valence-electron chi connectivity index (χ1n) is 8.15. The molecule has 2 rings (SSSR count). The maximum Gasteiger partial charge on any atom is 0.0315 e. The standard InChI is InChI=1S/C20H27N/c1-4-6-8-16-11-13-17(14-12-16)18-9-7-10-19(15-18)20(5-2)21-3/h7,9-15,20-21H,4-6,8H2,1-3H3. The second-order valence-electron chi connectivity index (χ2n) is 5.68. The van der Waals surface area contributed by atoms with Crippen LogP contribution in [0.2, 0.25) is 0 Å². The number of unbranched alkanes of at least 4 members (excludes halogenated alkanes) is 1. The Morgan fingerprint density at radius 2 is 1.71 bits per heavy atom. The maximum absolute atomic E-state index is 3.38. The lowest BCUT2D eigenvalue weighted by Crippen LogP contribution is -2.15. The lowest BCUT2D eigenvalue weighted by Gasteiger charge is -2.15. The van der Waals surface area contributed by atoms with Gasteiger partial charge in [0.2, 0.25) is 0 Å². The van der Waals surface area contributed by atoms with Crippen LogP contribution in [-0.4, -0.2) is 7.05 Å². The summed E-state index contributed by atoms with van der Waals surface area (Å²) in [4.78, 5) is 0. The van der Waals surface area contributed by atoms with E-state index in [1.54, 1.807) is 0 Å². The number of rotatable bonds is 7. The summed E-state index contributed by atoms with van der Waals surface area (Å²) in [6, 6.07) is 18.4. The molecule has 0 aliphatic rings. The van der Waals surface area contributed by atoms with Crippen molar-refractivity contribution >= 4 is 0 Å². The first kappa shape index (κ1) is 15.8. The molecular weight excluding hydrogens is 254 g/mol. The predicted octanol–water partition coefficient (Wildman–Crippen LogP) is 5.37.